The van der Waals surface area contributed by atoms with Gasteiger partial charge in [0.2, 0.25) is 0 Å². The molecule has 0 spiro atoms. The Morgan fingerprint density at radius 2 is 1.53 bits per heavy atom. The van der Waals surface area contributed by atoms with Gasteiger partial charge in [-0.1, -0.05) is 88.3 Å². The van der Waals surface area contributed by atoms with Crippen LogP contribution in [0, 0.1) is 0 Å². The van der Waals surface area contributed by atoms with Gasteiger partial charge in [-0.05, 0) is 19.8 Å². The van der Waals surface area contributed by atoms with Gasteiger partial charge in [-0.3, -0.25) is 0 Å². The Hall–Kier alpha value is -0.780. The summed E-state index contributed by atoms with van der Waals surface area (Å²) in [7, 11) is 0. The standard InChI is InChI=1S/C17H30/c1-4-7-9-10-11-12-13-14-16-17(6-3)15-8-5-2/h5-6,8,15H,2,4,7,9-14,16H2,1,3H3/b15-8-,17-6+. The maximum absolute atomic E-state index is 3.70. The Morgan fingerprint density at radius 1 is 0.941 bits per heavy atom. The zero-order valence-electron chi connectivity index (χ0n) is 11.9. The van der Waals surface area contributed by atoms with Gasteiger partial charge in [0, 0.05) is 0 Å². The average molecular weight is 234 g/mol. The fourth-order valence-corrected chi connectivity index (χ4v) is 1.98. The quantitative estimate of drug-likeness (QED) is 0.295. The molecule has 0 nitrogen and oxygen atoms in total. The molecule has 0 aliphatic heterocycles. The van der Waals surface area contributed by atoms with E-state index in [2.05, 4.69) is 32.6 Å². The third kappa shape index (κ3) is 11.5. The zero-order chi connectivity index (χ0) is 12.8. The van der Waals surface area contributed by atoms with Crippen LogP contribution in [0.15, 0.2) is 36.5 Å². The van der Waals surface area contributed by atoms with Gasteiger partial charge in [-0.15, -0.1) is 0 Å². The molecular formula is C17H30. The molecule has 0 heteroatoms. The highest BCUT2D eigenvalue weighted by Gasteiger charge is 1.93. The predicted octanol–water partition coefficient (Wildman–Crippen LogP) is 6.21. The minimum Gasteiger partial charge on any atom is -0.0991 e. The smallest absolute Gasteiger partial charge is 0.0282 e. The van der Waals surface area contributed by atoms with Gasteiger partial charge in [-0.2, -0.15) is 0 Å². The van der Waals surface area contributed by atoms with E-state index in [0.29, 0.717) is 0 Å². The van der Waals surface area contributed by atoms with Crippen LogP contribution in [-0.2, 0) is 0 Å². The monoisotopic (exact) mass is 234 g/mol. The first-order valence-corrected chi connectivity index (χ1v) is 7.29. The molecule has 0 saturated heterocycles. The molecule has 0 aromatic heterocycles. The van der Waals surface area contributed by atoms with E-state index in [1.807, 2.05) is 12.2 Å². The summed E-state index contributed by atoms with van der Waals surface area (Å²) in [6.45, 7) is 8.09. The largest absolute Gasteiger partial charge is 0.0991 e. The van der Waals surface area contributed by atoms with Crippen molar-refractivity contribution in [3.05, 3.63) is 36.5 Å². The van der Waals surface area contributed by atoms with Crippen LogP contribution in [0.25, 0.3) is 0 Å². The van der Waals surface area contributed by atoms with E-state index in [0.717, 1.165) is 0 Å². The molecule has 0 aliphatic carbocycles. The topological polar surface area (TPSA) is 0 Å². The Morgan fingerprint density at radius 3 is 2.06 bits per heavy atom. The summed E-state index contributed by atoms with van der Waals surface area (Å²) in [4.78, 5) is 0. The van der Waals surface area contributed by atoms with Crippen molar-refractivity contribution >= 4 is 0 Å². The maximum atomic E-state index is 3.70. The lowest BCUT2D eigenvalue weighted by atomic mass is 10.0. The summed E-state index contributed by atoms with van der Waals surface area (Å²) >= 11 is 0. The highest BCUT2D eigenvalue weighted by Crippen LogP contribution is 2.13. The van der Waals surface area contributed by atoms with Crippen molar-refractivity contribution in [2.45, 2.75) is 71.6 Å². The number of allylic oxidation sites excluding steroid dienone is 5. The lowest BCUT2D eigenvalue weighted by molar-refractivity contribution is 0.576. The normalized spacial score (nSPS) is 12.2. The first kappa shape index (κ1) is 16.2. The van der Waals surface area contributed by atoms with Crippen molar-refractivity contribution in [1.29, 1.82) is 0 Å². The van der Waals surface area contributed by atoms with Gasteiger partial charge in [0.1, 0.15) is 0 Å². The van der Waals surface area contributed by atoms with Crippen LogP contribution in [0.5, 0.6) is 0 Å². The molecule has 0 heterocycles. The van der Waals surface area contributed by atoms with Crippen LogP contribution in [-0.4, -0.2) is 0 Å². The van der Waals surface area contributed by atoms with E-state index >= 15 is 0 Å². The highest BCUT2D eigenvalue weighted by molar-refractivity contribution is 5.20. The highest BCUT2D eigenvalue weighted by atomic mass is 14.0. The molecule has 98 valence electrons. The van der Waals surface area contributed by atoms with E-state index < -0.39 is 0 Å². The lowest BCUT2D eigenvalue weighted by Crippen LogP contribution is -1.83. The second-order valence-corrected chi connectivity index (χ2v) is 4.68. The van der Waals surface area contributed by atoms with Gasteiger partial charge >= 0.3 is 0 Å². The maximum Gasteiger partial charge on any atom is -0.0282 e. The molecule has 0 aromatic carbocycles. The van der Waals surface area contributed by atoms with Crippen LogP contribution >= 0.6 is 0 Å². The molecular weight excluding hydrogens is 204 g/mol. The van der Waals surface area contributed by atoms with Crippen LogP contribution in [0.3, 0.4) is 0 Å². The molecule has 0 radical (unpaired) electrons. The van der Waals surface area contributed by atoms with Gasteiger partial charge in [-0.25, -0.2) is 0 Å². The van der Waals surface area contributed by atoms with Crippen molar-refractivity contribution in [3.8, 4) is 0 Å². The molecule has 0 saturated carbocycles. The molecule has 17 heavy (non-hydrogen) atoms. The predicted molar refractivity (Wildman–Crippen MR) is 80.3 cm³/mol. The summed E-state index contributed by atoms with van der Waals surface area (Å²) < 4.78 is 0. The SMILES string of the molecule is C=C/C=C\C(=C/C)CCCCCCCCCC. The van der Waals surface area contributed by atoms with Crippen molar-refractivity contribution in [2.24, 2.45) is 0 Å². The van der Waals surface area contributed by atoms with E-state index in [1.54, 1.807) is 0 Å². The average Bonchev–Trinajstić information content (AvgIpc) is 2.36. The fourth-order valence-electron chi connectivity index (χ4n) is 1.98. The second-order valence-electron chi connectivity index (χ2n) is 4.68. The van der Waals surface area contributed by atoms with E-state index in [4.69, 9.17) is 0 Å². The fraction of sp³-hybridized carbons (Fsp3) is 0.647. The van der Waals surface area contributed by atoms with Crippen molar-refractivity contribution in [1.82, 2.24) is 0 Å². The number of rotatable bonds is 11. The van der Waals surface area contributed by atoms with Crippen LogP contribution in [0.1, 0.15) is 71.6 Å². The first-order chi connectivity index (χ1) is 8.35. The minimum atomic E-state index is 1.22. The Labute approximate surface area is 109 Å². The molecule has 0 atom stereocenters. The van der Waals surface area contributed by atoms with Crippen LogP contribution in [0.2, 0.25) is 0 Å². The minimum absolute atomic E-state index is 1.22. The number of unbranched alkanes of at least 4 members (excludes halogenated alkanes) is 7. The summed E-state index contributed by atoms with van der Waals surface area (Å²) in [5, 5.41) is 0. The number of hydrogen-bond donors (Lipinski definition) is 0. The summed E-state index contributed by atoms with van der Waals surface area (Å²) in [6.07, 6.45) is 20.6. The van der Waals surface area contributed by atoms with Gasteiger partial charge in [0.15, 0.2) is 0 Å². The Kier molecular flexibility index (Phi) is 12.7. The first-order valence-electron chi connectivity index (χ1n) is 7.29. The Balaban J connectivity index is 3.37. The van der Waals surface area contributed by atoms with Gasteiger partial charge in [0.05, 0.1) is 0 Å². The van der Waals surface area contributed by atoms with Crippen LogP contribution < -0.4 is 0 Å². The summed E-state index contributed by atoms with van der Waals surface area (Å²) in [6, 6.07) is 0. The molecule has 0 amide bonds. The van der Waals surface area contributed by atoms with Gasteiger partial charge < -0.3 is 0 Å². The molecule has 0 rings (SSSR count). The summed E-state index contributed by atoms with van der Waals surface area (Å²) in [5.41, 5.74) is 1.44. The third-order valence-corrected chi connectivity index (χ3v) is 3.14. The molecule has 0 unspecified atom stereocenters. The van der Waals surface area contributed by atoms with Crippen molar-refractivity contribution in [2.75, 3.05) is 0 Å². The van der Waals surface area contributed by atoms with E-state index in [1.165, 1.54) is 63.4 Å². The van der Waals surface area contributed by atoms with Gasteiger partial charge in [0.25, 0.3) is 0 Å². The molecule has 0 N–H and O–H groups in total. The van der Waals surface area contributed by atoms with Crippen LogP contribution in [0.4, 0.5) is 0 Å². The Bertz CT molecular complexity index is 220. The van der Waals surface area contributed by atoms with Crippen molar-refractivity contribution in [3.63, 3.8) is 0 Å². The lowest BCUT2D eigenvalue weighted by Gasteiger charge is -2.02. The third-order valence-electron chi connectivity index (χ3n) is 3.14. The second kappa shape index (κ2) is 13.3. The molecule has 0 aliphatic rings. The summed E-state index contributed by atoms with van der Waals surface area (Å²) in [5.74, 6) is 0. The van der Waals surface area contributed by atoms with E-state index in [9.17, 15) is 0 Å². The van der Waals surface area contributed by atoms with Crippen molar-refractivity contribution < 1.29 is 0 Å². The zero-order valence-corrected chi connectivity index (χ0v) is 11.9. The van der Waals surface area contributed by atoms with E-state index in [-0.39, 0.29) is 0 Å². The molecule has 0 fully saturated rings. The molecule has 0 aromatic rings. The number of hydrogen-bond acceptors (Lipinski definition) is 0. The molecule has 0 bridgehead atoms.